The van der Waals surface area contributed by atoms with Crippen molar-refractivity contribution in [2.75, 3.05) is 5.01 Å². The summed E-state index contributed by atoms with van der Waals surface area (Å²) in [5.41, 5.74) is 6.16. The number of benzene rings is 2. The third kappa shape index (κ3) is 2.12. The predicted molar refractivity (Wildman–Crippen MR) is 75.3 cm³/mol. The van der Waals surface area contributed by atoms with Gasteiger partial charge in [-0.25, -0.2) is 5.43 Å². The van der Waals surface area contributed by atoms with Crippen LogP contribution in [0.3, 0.4) is 0 Å². The Bertz CT molecular complexity index is 448. The molecule has 1 aliphatic heterocycles. The third-order valence-electron chi connectivity index (χ3n) is 3.47. The molecule has 2 aromatic rings. The van der Waals surface area contributed by atoms with E-state index in [4.69, 9.17) is 0 Å². The minimum atomic E-state index is 0.420. The Hall–Kier alpha value is -1.80. The number of hydrogen-bond donors (Lipinski definition) is 1. The van der Waals surface area contributed by atoms with Crippen LogP contribution in [0.5, 0.6) is 0 Å². The Morgan fingerprint density at radius 1 is 0.944 bits per heavy atom. The van der Waals surface area contributed by atoms with Crippen molar-refractivity contribution in [3.05, 3.63) is 66.2 Å². The number of hydrogen-bond acceptors (Lipinski definition) is 2. The zero-order valence-corrected chi connectivity index (χ0v) is 10.6. The number of anilines is 1. The zero-order valence-electron chi connectivity index (χ0n) is 10.6. The Balaban J connectivity index is 1.93. The summed E-state index contributed by atoms with van der Waals surface area (Å²) in [6, 6.07) is 22.2. The van der Waals surface area contributed by atoms with Crippen LogP contribution in [0.4, 0.5) is 5.69 Å². The molecule has 0 radical (unpaired) electrons. The average Bonchev–Trinajstić information content (AvgIpc) is 2.83. The molecule has 2 unspecified atom stereocenters. The monoisotopic (exact) mass is 238 g/mol. The van der Waals surface area contributed by atoms with Gasteiger partial charge in [-0.15, -0.1) is 0 Å². The van der Waals surface area contributed by atoms with Gasteiger partial charge in [-0.1, -0.05) is 48.5 Å². The Morgan fingerprint density at radius 3 is 2.22 bits per heavy atom. The maximum atomic E-state index is 3.55. The largest absolute Gasteiger partial charge is 0.301 e. The molecule has 1 heterocycles. The topological polar surface area (TPSA) is 15.3 Å². The van der Waals surface area contributed by atoms with Crippen molar-refractivity contribution in [1.82, 2.24) is 5.43 Å². The first-order valence-corrected chi connectivity index (χ1v) is 6.50. The van der Waals surface area contributed by atoms with Gasteiger partial charge in [-0.2, -0.15) is 0 Å². The molecule has 2 atom stereocenters. The molecule has 3 rings (SSSR count). The van der Waals surface area contributed by atoms with Crippen molar-refractivity contribution in [3.63, 3.8) is 0 Å². The van der Waals surface area contributed by atoms with Crippen LogP contribution in [0.2, 0.25) is 0 Å². The highest BCUT2D eigenvalue weighted by molar-refractivity contribution is 5.48. The van der Waals surface area contributed by atoms with E-state index >= 15 is 0 Å². The molecule has 0 aliphatic carbocycles. The molecule has 2 heteroatoms. The first kappa shape index (κ1) is 11.3. The number of nitrogens with one attached hydrogen (secondary N) is 1. The molecule has 2 aromatic carbocycles. The number of hydrazine groups is 1. The number of para-hydroxylation sites is 1. The van der Waals surface area contributed by atoms with E-state index in [0.29, 0.717) is 12.1 Å². The number of rotatable bonds is 2. The van der Waals surface area contributed by atoms with Gasteiger partial charge in [-0.3, -0.25) is 0 Å². The molecular weight excluding hydrogens is 220 g/mol. The summed E-state index contributed by atoms with van der Waals surface area (Å²) in [5, 5.41) is 2.29. The van der Waals surface area contributed by atoms with E-state index in [9.17, 15) is 0 Å². The van der Waals surface area contributed by atoms with Crippen LogP contribution in [-0.2, 0) is 0 Å². The first-order valence-electron chi connectivity index (χ1n) is 6.50. The second kappa shape index (κ2) is 4.83. The molecule has 0 saturated carbocycles. The minimum Gasteiger partial charge on any atom is -0.301 e. The second-order valence-corrected chi connectivity index (χ2v) is 4.90. The van der Waals surface area contributed by atoms with Crippen molar-refractivity contribution in [3.8, 4) is 0 Å². The summed E-state index contributed by atoms with van der Waals surface area (Å²) < 4.78 is 0. The van der Waals surface area contributed by atoms with Gasteiger partial charge in [0.2, 0.25) is 0 Å². The molecule has 92 valence electrons. The van der Waals surface area contributed by atoms with Crippen LogP contribution in [0, 0.1) is 0 Å². The lowest BCUT2D eigenvalue weighted by atomic mass is 10.0. The molecular formula is C16H18N2. The van der Waals surface area contributed by atoms with Crippen LogP contribution < -0.4 is 10.4 Å². The Morgan fingerprint density at radius 2 is 1.56 bits per heavy atom. The van der Waals surface area contributed by atoms with Crippen molar-refractivity contribution < 1.29 is 0 Å². The van der Waals surface area contributed by atoms with Gasteiger partial charge in [0.1, 0.15) is 0 Å². The summed E-state index contributed by atoms with van der Waals surface area (Å²) >= 11 is 0. The van der Waals surface area contributed by atoms with E-state index in [2.05, 4.69) is 78.0 Å². The summed E-state index contributed by atoms with van der Waals surface area (Å²) in [5.74, 6) is 0. The van der Waals surface area contributed by atoms with Gasteiger partial charge in [-0.05, 0) is 31.0 Å². The maximum absolute atomic E-state index is 3.55. The van der Waals surface area contributed by atoms with Crippen LogP contribution >= 0.6 is 0 Å². The van der Waals surface area contributed by atoms with Crippen molar-refractivity contribution in [1.29, 1.82) is 0 Å². The fourth-order valence-corrected chi connectivity index (χ4v) is 2.62. The van der Waals surface area contributed by atoms with E-state index in [1.807, 2.05) is 0 Å². The average molecular weight is 238 g/mol. The van der Waals surface area contributed by atoms with E-state index in [-0.39, 0.29) is 0 Å². The van der Waals surface area contributed by atoms with E-state index in [1.54, 1.807) is 0 Å². The van der Waals surface area contributed by atoms with E-state index in [1.165, 1.54) is 11.3 Å². The lowest BCUT2D eigenvalue weighted by Crippen LogP contribution is -2.35. The quantitative estimate of drug-likeness (QED) is 0.861. The SMILES string of the molecule is CC1CC(c2ccccc2)N(c2ccccc2)N1. The van der Waals surface area contributed by atoms with E-state index < -0.39 is 0 Å². The summed E-state index contributed by atoms with van der Waals surface area (Å²) in [6.07, 6.45) is 1.14. The van der Waals surface area contributed by atoms with Gasteiger partial charge in [0.15, 0.2) is 0 Å². The van der Waals surface area contributed by atoms with Crippen LogP contribution in [0.1, 0.15) is 24.9 Å². The molecule has 0 spiro atoms. The van der Waals surface area contributed by atoms with Gasteiger partial charge in [0.05, 0.1) is 11.7 Å². The van der Waals surface area contributed by atoms with Crippen LogP contribution in [0.15, 0.2) is 60.7 Å². The standard InChI is InChI=1S/C16H18N2/c1-13-12-16(14-8-4-2-5-9-14)18(17-13)15-10-6-3-7-11-15/h2-11,13,16-17H,12H2,1H3. The third-order valence-corrected chi connectivity index (χ3v) is 3.47. The Kier molecular flexibility index (Phi) is 3.03. The molecule has 2 nitrogen and oxygen atoms in total. The fourth-order valence-electron chi connectivity index (χ4n) is 2.62. The summed E-state index contributed by atoms with van der Waals surface area (Å²) in [7, 11) is 0. The molecule has 1 saturated heterocycles. The van der Waals surface area contributed by atoms with Crippen molar-refractivity contribution in [2.24, 2.45) is 0 Å². The molecule has 0 amide bonds. The van der Waals surface area contributed by atoms with Gasteiger partial charge in [0.25, 0.3) is 0 Å². The van der Waals surface area contributed by atoms with Gasteiger partial charge < -0.3 is 5.01 Å². The van der Waals surface area contributed by atoms with Crippen LogP contribution in [-0.4, -0.2) is 6.04 Å². The Labute approximate surface area is 108 Å². The summed E-state index contributed by atoms with van der Waals surface area (Å²) in [4.78, 5) is 0. The lowest BCUT2D eigenvalue weighted by molar-refractivity contribution is 0.642. The maximum Gasteiger partial charge on any atom is 0.0719 e. The highest BCUT2D eigenvalue weighted by Gasteiger charge is 2.30. The normalized spacial score (nSPS) is 23.3. The lowest BCUT2D eigenvalue weighted by Gasteiger charge is -2.26. The fraction of sp³-hybridized carbons (Fsp3) is 0.250. The molecule has 0 aromatic heterocycles. The highest BCUT2D eigenvalue weighted by Crippen LogP contribution is 2.33. The first-order chi connectivity index (χ1) is 8.84. The molecule has 0 bridgehead atoms. The van der Waals surface area contributed by atoms with E-state index in [0.717, 1.165) is 6.42 Å². The number of nitrogens with zero attached hydrogens (tertiary/aromatic N) is 1. The molecule has 1 aliphatic rings. The minimum absolute atomic E-state index is 0.420. The smallest absolute Gasteiger partial charge is 0.0719 e. The molecule has 18 heavy (non-hydrogen) atoms. The molecule has 1 N–H and O–H groups in total. The van der Waals surface area contributed by atoms with Gasteiger partial charge >= 0.3 is 0 Å². The van der Waals surface area contributed by atoms with Crippen LogP contribution in [0.25, 0.3) is 0 Å². The predicted octanol–water partition coefficient (Wildman–Crippen LogP) is 3.53. The van der Waals surface area contributed by atoms with Crippen molar-refractivity contribution >= 4 is 5.69 Å². The molecule has 1 fully saturated rings. The van der Waals surface area contributed by atoms with Crippen molar-refractivity contribution in [2.45, 2.75) is 25.4 Å². The zero-order chi connectivity index (χ0) is 12.4. The second-order valence-electron chi connectivity index (χ2n) is 4.90. The highest BCUT2D eigenvalue weighted by atomic mass is 15.6. The van der Waals surface area contributed by atoms with Gasteiger partial charge in [0, 0.05) is 6.04 Å². The summed E-state index contributed by atoms with van der Waals surface area (Å²) in [6.45, 7) is 2.24.